The van der Waals surface area contributed by atoms with E-state index >= 15 is 0 Å². The van der Waals surface area contributed by atoms with Crippen LogP contribution >= 0.6 is 0 Å². The van der Waals surface area contributed by atoms with Crippen molar-refractivity contribution in [1.29, 1.82) is 0 Å². The van der Waals surface area contributed by atoms with Gasteiger partial charge in [-0.25, -0.2) is 0 Å². The van der Waals surface area contributed by atoms with Gasteiger partial charge in [0.15, 0.2) is 0 Å². The molecule has 3 unspecified atom stereocenters. The van der Waals surface area contributed by atoms with Gasteiger partial charge in [0.25, 0.3) is 0 Å². The van der Waals surface area contributed by atoms with Gasteiger partial charge in [-0.1, -0.05) is 385 Å². The van der Waals surface area contributed by atoms with Gasteiger partial charge in [-0.05, 0) is 32.1 Å². The van der Waals surface area contributed by atoms with Crippen molar-refractivity contribution in [1.82, 2.24) is 5.32 Å². The second-order valence-corrected chi connectivity index (χ2v) is 24.5. The molecule has 0 radical (unpaired) electrons. The maximum atomic E-state index is 12.6. The van der Waals surface area contributed by atoms with E-state index in [1.54, 1.807) is 6.08 Å². The third-order valence-electron chi connectivity index (χ3n) is 16.7. The quantitative estimate of drug-likeness (QED) is 0.0361. The molecule has 0 aliphatic heterocycles. The molecular weight excluding hydrogens is 931 g/mol. The second kappa shape index (κ2) is 66.3. The molecule has 452 valence electrons. The molecule has 0 aromatic carbocycles. The van der Waals surface area contributed by atoms with Gasteiger partial charge in [-0.15, -0.1) is 0 Å². The number of allylic oxidation sites excluding steroid dienone is 3. The molecule has 4 N–H and O–H groups in total. The molecule has 0 aromatic heterocycles. The molecule has 5 nitrogen and oxygen atoms in total. The minimum absolute atomic E-state index is 0.0108. The number of amides is 1. The van der Waals surface area contributed by atoms with E-state index in [9.17, 15) is 20.1 Å². The fraction of sp³-hybridized carbons (Fsp3) is 0.930. The van der Waals surface area contributed by atoms with Crippen LogP contribution in [0.4, 0.5) is 0 Å². The summed E-state index contributed by atoms with van der Waals surface area (Å²) < 4.78 is 0. The summed E-state index contributed by atoms with van der Waals surface area (Å²) in [6.07, 6.45) is 87.3. The molecule has 0 spiro atoms. The summed E-state index contributed by atoms with van der Waals surface area (Å²) in [6, 6.07) is -0.760. The minimum atomic E-state index is -0.951. The third-order valence-corrected chi connectivity index (χ3v) is 16.7. The van der Waals surface area contributed by atoms with E-state index in [1.165, 1.54) is 340 Å². The minimum Gasteiger partial charge on any atom is -0.394 e. The predicted octanol–water partition coefficient (Wildman–Crippen LogP) is 22.7. The van der Waals surface area contributed by atoms with Gasteiger partial charge < -0.3 is 20.6 Å². The maximum Gasteiger partial charge on any atom is 0.222 e. The molecule has 3 atom stereocenters. The van der Waals surface area contributed by atoms with Crippen molar-refractivity contribution in [2.45, 2.75) is 417 Å². The normalized spacial score (nSPS) is 13.2. The van der Waals surface area contributed by atoms with E-state index < -0.39 is 18.2 Å². The van der Waals surface area contributed by atoms with Gasteiger partial charge in [0.2, 0.25) is 5.91 Å². The Morgan fingerprint density at radius 2 is 0.566 bits per heavy atom. The summed E-state index contributed by atoms with van der Waals surface area (Å²) in [5.41, 5.74) is 0. The average molecular weight is 1070 g/mol. The zero-order valence-electron chi connectivity index (χ0n) is 51.9. The van der Waals surface area contributed by atoms with Crippen LogP contribution in [-0.2, 0) is 4.79 Å². The van der Waals surface area contributed by atoms with E-state index in [1.807, 2.05) is 6.08 Å². The van der Waals surface area contributed by atoms with Gasteiger partial charge in [0.1, 0.15) is 0 Å². The van der Waals surface area contributed by atoms with E-state index in [0.717, 1.165) is 32.1 Å². The number of hydrogen-bond donors (Lipinski definition) is 4. The van der Waals surface area contributed by atoms with E-state index in [4.69, 9.17) is 0 Å². The zero-order valence-corrected chi connectivity index (χ0v) is 51.9. The van der Waals surface area contributed by atoms with Crippen molar-refractivity contribution in [3.8, 4) is 0 Å². The Bertz CT molecular complexity index is 1140. The Morgan fingerprint density at radius 1 is 0.329 bits per heavy atom. The molecule has 1 amide bonds. The van der Waals surface area contributed by atoms with Crippen LogP contribution in [0, 0.1) is 0 Å². The Balaban J connectivity index is 3.47. The Hall–Kier alpha value is -1.17. The molecule has 0 aliphatic rings. The maximum absolute atomic E-state index is 12.6. The van der Waals surface area contributed by atoms with Gasteiger partial charge >= 0.3 is 0 Å². The molecule has 5 heteroatoms. The first-order valence-corrected chi connectivity index (χ1v) is 35.1. The lowest BCUT2D eigenvalue weighted by Gasteiger charge is -2.21. The predicted molar refractivity (Wildman–Crippen MR) is 338 cm³/mol. The Kier molecular flexibility index (Phi) is 65.3. The molecule has 0 rings (SSSR count). The molecule has 0 saturated carbocycles. The SMILES string of the molecule is CCCCCCCCCCCCCCCCCCCC/C=C/CC/C=C/C(O)C(CO)NC(=O)CC(O)CCCCCCCCCCCCCCCCCCCCCCCCCCCCCCCCCCCCCCC. The van der Waals surface area contributed by atoms with Crippen LogP contribution in [0.5, 0.6) is 0 Å². The van der Waals surface area contributed by atoms with E-state index in [0.29, 0.717) is 6.42 Å². The van der Waals surface area contributed by atoms with E-state index in [2.05, 4.69) is 31.3 Å². The lowest BCUT2D eigenvalue weighted by molar-refractivity contribution is -0.124. The van der Waals surface area contributed by atoms with Crippen molar-refractivity contribution in [2.24, 2.45) is 0 Å². The summed E-state index contributed by atoms with van der Waals surface area (Å²) >= 11 is 0. The van der Waals surface area contributed by atoms with Crippen LogP contribution in [0.25, 0.3) is 0 Å². The van der Waals surface area contributed by atoms with Crippen molar-refractivity contribution >= 4 is 5.91 Å². The number of rotatable bonds is 66. The van der Waals surface area contributed by atoms with Gasteiger partial charge in [0.05, 0.1) is 31.3 Å². The lowest BCUT2D eigenvalue weighted by Crippen LogP contribution is -2.45. The number of aliphatic hydroxyl groups is 3. The highest BCUT2D eigenvalue weighted by molar-refractivity contribution is 5.76. The first-order valence-electron chi connectivity index (χ1n) is 35.1. The molecule has 0 saturated heterocycles. The molecule has 0 bridgehead atoms. The summed E-state index contributed by atoms with van der Waals surface area (Å²) in [6.45, 7) is 4.26. The summed E-state index contributed by atoms with van der Waals surface area (Å²) in [5.74, 6) is -0.317. The molecule has 0 fully saturated rings. The average Bonchev–Trinajstić information content (AvgIpc) is 3.42. The van der Waals surface area contributed by atoms with Crippen LogP contribution in [0.2, 0.25) is 0 Å². The van der Waals surface area contributed by atoms with Crippen LogP contribution < -0.4 is 5.32 Å². The van der Waals surface area contributed by atoms with Crippen molar-refractivity contribution < 1.29 is 20.1 Å². The molecular formula is C71H139NO4. The van der Waals surface area contributed by atoms with Crippen LogP contribution in [-0.4, -0.2) is 46.1 Å². The molecule has 0 aromatic rings. The lowest BCUT2D eigenvalue weighted by atomic mass is 10.0. The number of unbranched alkanes of at least 4 members (excludes halogenated alkanes) is 55. The Labute approximate surface area is 477 Å². The monoisotopic (exact) mass is 1070 g/mol. The van der Waals surface area contributed by atoms with E-state index in [-0.39, 0.29) is 18.9 Å². The summed E-state index contributed by atoms with van der Waals surface area (Å²) in [7, 11) is 0. The highest BCUT2D eigenvalue weighted by Gasteiger charge is 2.20. The van der Waals surface area contributed by atoms with Gasteiger partial charge in [0, 0.05) is 0 Å². The summed E-state index contributed by atoms with van der Waals surface area (Å²) in [5, 5.41) is 33.6. The largest absolute Gasteiger partial charge is 0.394 e. The van der Waals surface area contributed by atoms with Crippen LogP contribution in [0.15, 0.2) is 24.3 Å². The molecule has 76 heavy (non-hydrogen) atoms. The third kappa shape index (κ3) is 62.0. The number of aliphatic hydroxyl groups excluding tert-OH is 3. The highest BCUT2D eigenvalue weighted by atomic mass is 16.3. The van der Waals surface area contributed by atoms with Crippen LogP contribution in [0.1, 0.15) is 399 Å². The van der Waals surface area contributed by atoms with Crippen molar-refractivity contribution in [3.63, 3.8) is 0 Å². The first kappa shape index (κ1) is 74.8. The molecule has 0 heterocycles. The first-order chi connectivity index (χ1) is 37.5. The highest BCUT2D eigenvalue weighted by Crippen LogP contribution is 2.20. The topological polar surface area (TPSA) is 89.8 Å². The smallest absolute Gasteiger partial charge is 0.222 e. The second-order valence-electron chi connectivity index (χ2n) is 24.5. The van der Waals surface area contributed by atoms with Crippen LogP contribution in [0.3, 0.4) is 0 Å². The molecule has 0 aliphatic carbocycles. The zero-order chi connectivity index (χ0) is 55.0. The van der Waals surface area contributed by atoms with Crippen molar-refractivity contribution in [3.05, 3.63) is 24.3 Å². The van der Waals surface area contributed by atoms with Crippen molar-refractivity contribution in [2.75, 3.05) is 6.61 Å². The number of nitrogens with one attached hydrogen (secondary N) is 1. The standard InChI is InChI=1S/C71H139NO4/c1-3-5-7-9-11-13-15-17-19-21-23-25-27-29-30-31-32-33-34-35-36-37-38-39-40-41-42-44-46-48-50-52-54-56-58-60-62-64-68(74)66-71(76)72-69(67-73)70(75)65-63-61-59-57-55-53-51-49-47-45-43-28-26-24-22-20-18-16-14-12-10-8-6-4-2/h55,57,63,65,68-70,73-75H,3-54,56,58-62,64,66-67H2,1-2H3,(H,72,76)/b57-55+,65-63+. The number of hydrogen-bond acceptors (Lipinski definition) is 4. The Morgan fingerprint density at radius 3 is 0.842 bits per heavy atom. The fourth-order valence-corrected chi connectivity index (χ4v) is 11.4. The number of carbonyl (C=O) groups excluding carboxylic acids is 1. The van der Waals surface area contributed by atoms with Gasteiger partial charge in [-0.2, -0.15) is 0 Å². The fourth-order valence-electron chi connectivity index (χ4n) is 11.4. The van der Waals surface area contributed by atoms with Gasteiger partial charge in [-0.3, -0.25) is 4.79 Å². The number of carbonyl (C=O) groups is 1. The summed E-state index contributed by atoms with van der Waals surface area (Å²) in [4.78, 5) is 12.6.